The van der Waals surface area contributed by atoms with Crippen LogP contribution in [0.1, 0.15) is 0 Å². The summed E-state index contributed by atoms with van der Waals surface area (Å²) in [6, 6.07) is 0. The van der Waals surface area contributed by atoms with Crippen LogP contribution in [0.3, 0.4) is 0 Å². The lowest BCUT2D eigenvalue weighted by atomic mass is 10.4. The second kappa shape index (κ2) is 0.784. The highest BCUT2D eigenvalue weighted by Gasteiger charge is 2.40. The number of nitrogens with one attached hydrogen (secondary N) is 1. The summed E-state index contributed by atoms with van der Waals surface area (Å²) in [5.41, 5.74) is 0. The van der Waals surface area contributed by atoms with Crippen molar-refractivity contribution >= 4 is 0 Å². The van der Waals surface area contributed by atoms with Crippen molar-refractivity contribution in [1.82, 2.24) is 5.32 Å². The molecule has 2 rings (SSSR count). The molecule has 6 heavy (non-hydrogen) atoms. The summed E-state index contributed by atoms with van der Waals surface area (Å²) >= 11 is 0. The Kier molecular flexibility index (Phi) is 0.396. The predicted octanol–water partition coefficient (Wildman–Crippen LogP) is 0.0399. The second-order valence-corrected chi connectivity index (χ2v) is 2.18. The van der Waals surface area contributed by atoms with E-state index in [0.29, 0.717) is 0 Å². The molecule has 0 spiro atoms. The van der Waals surface area contributed by atoms with Crippen LogP contribution < -0.4 is 5.32 Å². The van der Waals surface area contributed by atoms with Gasteiger partial charge in [-0.25, -0.2) is 0 Å². The first-order valence-corrected chi connectivity index (χ1v) is 2.52. The molecule has 1 heteroatoms. The van der Waals surface area contributed by atoms with Crippen molar-refractivity contribution < 1.29 is 0 Å². The van der Waals surface area contributed by atoms with E-state index >= 15 is 0 Å². The molecule has 1 saturated carbocycles. The normalized spacial score (nSPS) is 52.0. The monoisotopic (exact) mass is 82.1 g/mol. The minimum absolute atomic E-state index is 0.977. The summed E-state index contributed by atoms with van der Waals surface area (Å²) in [5, 5.41) is 3.29. The maximum absolute atomic E-state index is 3.29. The summed E-state index contributed by atoms with van der Waals surface area (Å²) in [7, 11) is 0. The Morgan fingerprint density at radius 3 is 2.17 bits per heavy atom. The topological polar surface area (TPSA) is 12.0 Å². The van der Waals surface area contributed by atoms with Crippen LogP contribution in [0.2, 0.25) is 0 Å². The lowest BCUT2D eigenvalue weighted by Crippen LogP contribution is -2.10. The molecule has 1 nitrogen and oxygen atoms in total. The molecule has 0 aromatic carbocycles. The van der Waals surface area contributed by atoms with Crippen LogP contribution in [0, 0.1) is 18.3 Å². The number of piperidine rings is 1. The Hall–Kier alpha value is -0.0400. The molecule has 0 amide bonds. The third-order valence-corrected chi connectivity index (χ3v) is 1.66. The molecule has 1 aliphatic carbocycles. The molecule has 0 aromatic heterocycles. The maximum Gasteiger partial charge on any atom is -0.00143 e. The van der Waals surface area contributed by atoms with Crippen LogP contribution in [-0.4, -0.2) is 13.1 Å². The first kappa shape index (κ1) is 3.03. The van der Waals surface area contributed by atoms with Crippen molar-refractivity contribution in [3.05, 3.63) is 6.42 Å². The number of rotatable bonds is 0. The molecule has 0 bridgehead atoms. The fraction of sp³-hybridized carbons (Fsp3) is 0.800. The van der Waals surface area contributed by atoms with Gasteiger partial charge in [-0.1, -0.05) is 0 Å². The molecule has 2 atom stereocenters. The van der Waals surface area contributed by atoms with Gasteiger partial charge < -0.3 is 5.32 Å². The number of hydrogen-bond donors (Lipinski definition) is 1. The highest BCUT2D eigenvalue weighted by atomic mass is 14.9. The van der Waals surface area contributed by atoms with E-state index in [1.54, 1.807) is 0 Å². The third-order valence-electron chi connectivity index (χ3n) is 1.66. The van der Waals surface area contributed by atoms with E-state index < -0.39 is 0 Å². The van der Waals surface area contributed by atoms with Gasteiger partial charge in [0, 0.05) is 0 Å². The Bertz CT molecular complexity index is 62.3. The van der Waals surface area contributed by atoms with E-state index in [4.69, 9.17) is 0 Å². The molecule has 1 aliphatic heterocycles. The molecule has 1 N–H and O–H groups in total. The number of fused-ring (bicyclic) bond motifs is 1. The average Bonchev–Trinajstić information content (AvgIpc) is 2.17. The summed E-state index contributed by atoms with van der Waals surface area (Å²) < 4.78 is 0. The highest BCUT2D eigenvalue weighted by Crippen LogP contribution is 2.39. The average molecular weight is 82.1 g/mol. The van der Waals surface area contributed by atoms with Crippen molar-refractivity contribution in [2.24, 2.45) is 11.8 Å². The SMILES string of the molecule is [CH]1[C@@H]2CNC[C@H]12. The van der Waals surface area contributed by atoms with E-state index in [2.05, 4.69) is 11.7 Å². The zero-order valence-electron chi connectivity index (χ0n) is 3.65. The summed E-state index contributed by atoms with van der Waals surface area (Å²) in [6.07, 6.45) is 2.41. The quantitative estimate of drug-likeness (QED) is 0.435. The molecule has 1 heterocycles. The lowest BCUT2D eigenvalue weighted by Gasteiger charge is -1.86. The van der Waals surface area contributed by atoms with Gasteiger partial charge in [-0.05, 0) is 31.3 Å². The van der Waals surface area contributed by atoms with Crippen LogP contribution in [-0.2, 0) is 0 Å². The Balaban J connectivity index is 2.09. The fourth-order valence-corrected chi connectivity index (χ4v) is 1.11. The molecule has 2 fully saturated rings. The van der Waals surface area contributed by atoms with Crippen molar-refractivity contribution in [3.8, 4) is 0 Å². The van der Waals surface area contributed by atoms with E-state index in [0.717, 1.165) is 11.8 Å². The molecule has 33 valence electrons. The predicted molar refractivity (Wildman–Crippen MR) is 24.1 cm³/mol. The smallest absolute Gasteiger partial charge is 0.00143 e. The summed E-state index contributed by atoms with van der Waals surface area (Å²) in [6.45, 7) is 2.51. The van der Waals surface area contributed by atoms with Gasteiger partial charge in [0.15, 0.2) is 0 Å². The summed E-state index contributed by atoms with van der Waals surface area (Å²) in [4.78, 5) is 0. The first-order chi connectivity index (χ1) is 2.97. The molecule has 0 unspecified atom stereocenters. The Labute approximate surface area is 37.7 Å². The number of hydrogen-bond acceptors (Lipinski definition) is 1. The van der Waals surface area contributed by atoms with Gasteiger partial charge >= 0.3 is 0 Å². The molecular formula is C5H8N. The standard InChI is InChI=1S/C5H8N/c1-4-2-6-3-5(1)4/h1,4-6H,2-3H2/t4-,5+. The van der Waals surface area contributed by atoms with Crippen LogP contribution in [0.4, 0.5) is 0 Å². The van der Waals surface area contributed by atoms with Crippen molar-refractivity contribution in [2.75, 3.05) is 13.1 Å². The summed E-state index contributed by atoms with van der Waals surface area (Å²) in [5.74, 6) is 1.95. The highest BCUT2D eigenvalue weighted by molar-refractivity contribution is 5.11. The Morgan fingerprint density at radius 2 is 2.00 bits per heavy atom. The van der Waals surface area contributed by atoms with Gasteiger partial charge in [-0.2, -0.15) is 0 Å². The van der Waals surface area contributed by atoms with Crippen molar-refractivity contribution in [1.29, 1.82) is 0 Å². The van der Waals surface area contributed by atoms with E-state index in [-0.39, 0.29) is 0 Å². The van der Waals surface area contributed by atoms with E-state index in [9.17, 15) is 0 Å². The van der Waals surface area contributed by atoms with Crippen LogP contribution in [0.25, 0.3) is 0 Å². The first-order valence-electron chi connectivity index (χ1n) is 2.52. The third kappa shape index (κ3) is 0.243. The van der Waals surface area contributed by atoms with Crippen molar-refractivity contribution in [3.63, 3.8) is 0 Å². The molecular weight excluding hydrogens is 74.1 g/mol. The fourth-order valence-electron chi connectivity index (χ4n) is 1.11. The van der Waals surface area contributed by atoms with Gasteiger partial charge in [-0.3, -0.25) is 0 Å². The molecule has 0 aromatic rings. The van der Waals surface area contributed by atoms with Gasteiger partial charge in [0.25, 0.3) is 0 Å². The van der Waals surface area contributed by atoms with Crippen LogP contribution in [0.15, 0.2) is 0 Å². The van der Waals surface area contributed by atoms with Crippen molar-refractivity contribution in [2.45, 2.75) is 0 Å². The van der Waals surface area contributed by atoms with Crippen LogP contribution in [0.5, 0.6) is 0 Å². The Morgan fingerprint density at radius 1 is 1.33 bits per heavy atom. The lowest BCUT2D eigenvalue weighted by molar-refractivity contribution is 0.778. The van der Waals surface area contributed by atoms with Crippen LogP contribution >= 0.6 is 0 Å². The van der Waals surface area contributed by atoms with Gasteiger partial charge in [0.2, 0.25) is 0 Å². The molecule has 1 radical (unpaired) electrons. The molecule has 1 saturated heterocycles. The zero-order valence-corrected chi connectivity index (χ0v) is 3.65. The largest absolute Gasteiger partial charge is 0.316 e. The van der Waals surface area contributed by atoms with E-state index in [1.165, 1.54) is 13.1 Å². The van der Waals surface area contributed by atoms with E-state index in [1.807, 2.05) is 0 Å². The zero-order chi connectivity index (χ0) is 3.98. The maximum atomic E-state index is 3.29. The second-order valence-electron chi connectivity index (χ2n) is 2.18. The van der Waals surface area contributed by atoms with Gasteiger partial charge in [0.1, 0.15) is 0 Å². The minimum Gasteiger partial charge on any atom is -0.316 e. The van der Waals surface area contributed by atoms with Gasteiger partial charge in [-0.15, -0.1) is 0 Å². The minimum atomic E-state index is 0.977. The molecule has 2 aliphatic rings. The van der Waals surface area contributed by atoms with Gasteiger partial charge in [0.05, 0.1) is 0 Å².